The summed E-state index contributed by atoms with van der Waals surface area (Å²) < 4.78 is 39.7. The Kier molecular flexibility index (Phi) is 8.99. The highest BCUT2D eigenvalue weighted by molar-refractivity contribution is 7.89. The van der Waals surface area contributed by atoms with Crippen LogP contribution in [0.25, 0.3) is 0 Å². The van der Waals surface area contributed by atoms with Crippen LogP contribution >= 0.6 is 0 Å². The van der Waals surface area contributed by atoms with Gasteiger partial charge in [-0.1, -0.05) is 18.8 Å². The summed E-state index contributed by atoms with van der Waals surface area (Å²) in [5.41, 5.74) is 1.60. The first-order valence-electron chi connectivity index (χ1n) is 11.1. The van der Waals surface area contributed by atoms with Gasteiger partial charge in [0.25, 0.3) is 0 Å². The first-order valence-corrected chi connectivity index (χ1v) is 12.5. The van der Waals surface area contributed by atoms with E-state index >= 15 is 0 Å². The van der Waals surface area contributed by atoms with Gasteiger partial charge in [-0.25, -0.2) is 18.4 Å². The Balaban J connectivity index is 1.97. The molecule has 1 aromatic carbocycles. The maximum atomic E-state index is 13.5. The lowest BCUT2D eigenvalue weighted by atomic mass is 10.0. The Morgan fingerprint density at radius 1 is 1.35 bits per heavy atom. The molecule has 0 saturated carbocycles. The molecule has 34 heavy (non-hydrogen) atoms. The minimum atomic E-state index is -3.88. The molecule has 0 fully saturated rings. The van der Waals surface area contributed by atoms with Crippen LogP contribution in [0.3, 0.4) is 0 Å². The van der Waals surface area contributed by atoms with E-state index in [1.165, 1.54) is 16.7 Å². The van der Waals surface area contributed by atoms with E-state index in [9.17, 15) is 13.5 Å². The molecule has 1 aliphatic heterocycles. The smallest absolute Gasteiger partial charge is 0.247 e. The summed E-state index contributed by atoms with van der Waals surface area (Å²) in [5.74, 6) is 5.97. The maximum Gasteiger partial charge on any atom is 0.247 e. The molecule has 0 spiro atoms. The average Bonchev–Trinajstić information content (AvgIpc) is 2.81. The molecule has 3 atom stereocenters. The Labute approximate surface area is 201 Å². The first-order chi connectivity index (χ1) is 16.3. The van der Waals surface area contributed by atoms with E-state index < -0.39 is 16.1 Å². The van der Waals surface area contributed by atoms with Crippen molar-refractivity contribution in [1.29, 1.82) is 0 Å². The van der Waals surface area contributed by atoms with Crippen LogP contribution in [0.5, 0.6) is 5.75 Å². The molecule has 0 radical (unpaired) electrons. The Morgan fingerprint density at radius 2 is 2.09 bits per heavy atom. The van der Waals surface area contributed by atoms with Gasteiger partial charge in [0.1, 0.15) is 29.7 Å². The van der Waals surface area contributed by atoms with Crippen LogP contribution < -0.4 is 4.74 Å². The number of ether oxygens (including phenoxy) is 2. The second-order valence-electron chi connectivity index (χ2n) is 8.58. The van der Waals surface area contributed by atoms with Crippen LogP contribution in [-0.4, -0.2) is 85.3 Å². The SMILES string of the molecule is COCC#Cc1ccc2c(c1)O[C@@H](CN(C)Cc1cncnc1)[C@@H](C)CN([C@@H](C)CO)S2(=O)=O. The van der Waals surface area contributed by atoms with Gasteiger partial charge in [0.05, 0.1) is 6.61 Å². The van der Waals surface area contributed by atoms with E-state index in [4.69, 9.17) is 9.47 Å². The fourth-order valence-corrected chi connectivity index (χ4v) is 5.65. The van der Waals surface area contributed by atoms with E-state index in [0.29, 0.717) is 18.7 Å². The Bertz CT molecular complexity index is 1120. The van der Waals surface area contributed by atoms with E-state index in [1.54, 1.807) is 38.6 Å². The van der Waals surface area contributed by atoms with E-state index in [0.717, 1.165) is 5.56 Å². The lowest BCUT2D eigenvalue weighted by Crippen LogP contribution is -2.49. The standard InChI is InChI=1S/C24H32N4O5S/c1-18-13-28(19(2)16-29)34(30,31)24-8-7-20(6-5-9-32-4)10-22(24)33-23(18)15-27(3)14-21-11-25-17-26-12-21/h7-8,10-12,17-19,23,29H,9,13-16H2,1-4H3/t18-,19-,23-/m0/s1. The normalized spacial score (nSPS) is 20.9. The van der Waals surface area contributed by atoms with Gasteiger partial charge in [-0.3, -0.25) is 4.90 Å². The molecule has 0 saturated heterocycles. The van der Waals surface area contributed by atoms with Gasteiger partial charge in [-0.05, 0) is 32.2 Å². The second-order valence-corrected chi connectivity index (χ2v) is 10.4. The highest BCUT2D eigenvalue weighted by Crippen LogP contribution is 2.34. The number of hydrogen-bond donors (Lipinski definition) is 1. The number of likely N-dealkylation sites (N-methyl/N-ethyl adjacent to an activating group) is 1. The fourth-order valence-electron chi connectivity index (χ4n) is 3.83. The number of aliphatic hydroxyl groups excluding tert-OH is 1. The monoisotopic (exact) mass is 488 g/mol. The molecule has 1 aromatic heterocycles. The number of methoxy groups -OCH3 is 1. The van der Waals surface area contributed by atoms with Crippen molar-refractivity contribution in [2.45, 2.75) is 37.4 Å². The molecule has 9 nitrogen and oxygen atoms in total. The number of hydrogen-bond acceptors (Lipinski definition) is 8. The van der Waals surface area contributed by atoms with Crippen LogP contribution in [0, 0.1) is 17.8 Å². The third-order valence-electron chi connectivity index (χ3n) is 5.67. The first kappa shape index (κ1) is 26.1. The van der Waals surface area contributed by atoms with Gasteiger partial charge in [-0.15, -0.1) is 0 Å². The van der Waals surface area contributed by atoms with Crippen molar-refractivity contribution in [3.05, 3.63) is 48.0 Å². The van der Waals surface area contributed by atoms with Gasteiger partial charge >= 0.3 is 0 Å². The molecule has 1 N–H and O–H groups in total. The summed E-state index contributed by atoms with van der Waals surface area (Å²) in [6.45, 7) is 5.06. The number of aromatic nitrogens is 2. The summed E-state index contributed by atoms with van der Waals surface area (Å²) >= 11 is 0. The summed E-state index contributed by atoms with van der Waals surface area (Å²) in [6.07, 6.45) is 4.72. The van der Waals surface area contributed by atoms with Gasteiger partial charge in [-0.2, -0.15) is 4.31 Å². The van der Waals surface area contributed by atoms with Crippen molar-refractivity contribution in [3.8, 4) is 17.6 Å². The van der Waals surface area contributed by atoms with Gasteiger partial charge < -0.3 is 14.6 Å². The minimum absolute atomic E-state index is 0.0705. The van der Waals surface area contributed by atoms with E-state index in [1.807, 2.05) is 14.0 Å². The number of nitrogens with zero attached hydrogens (tertiary/aromatic N) is 4. The zero-order chi connectivity index (χ0) is 24.7. The van der Waals surface area contributed by atoms with Crippen molar-refractivity contribution in [2.75, 3.05) is 40.5 Å². The molecule has 184 valence electrons. The predicted octanol–water partition coefficient (Wildman–Crippen LogP) is 1.38. The van der Waals surface area contributed by atoms with Crippen molar-refractivity contribution in [1.82, 2.24) is 19.2 Å². The van der Waals surface area contributed by atoms with Gasteiger partial charge in [0.15, 0.2) is 0 Å². The van der Waals surface area contributed by atoms with E-state index in [2.05, 4.69) is 26.7 Å². The molecular formula is C24H32N4O5S. The number of sulfonamides is 1. The lowest BCUT2D eigenvalue weighted by molar-refractivity contribution is 0.0733. The Morgan fingerprint density at radius 3 is 2.76 bits per heavy atom. The summed E-state index contributed by atoms with van der Waals surface area (Å²) in [5, 5.41) is 9.77. The summed E-state index contributed by atoms with van der Waals surface area (Å²) in [6, 6.07) is 4.27. The van der Waals surface area contributed by atoms with Crippen LogP contribution in [0.2, 0.25) is 0 Å². The topological polar surface area (TPSA) is 105 Å². The zero-order valence-electron chi connectivity index (χ0n) is 20.0. The molecule has 0 unspecified atom stereocenters. The van der Waals surface area contributed by atoms with Gasteiger partial charge in [0, 0.05) is 62.2 Å². The molecular weight excluding hydrogens is 456 g/mol. The van der Waals surface area contributed by atoms with Crippen molar-refractivity contribution in [3.63, 3.8) is 0 Å². The number of fused-ring (bicyclic) bond motifs is 1. The quantitative estimate of drug-likeness (QED) is 0.583. The number of benzene rings is 1. The van der Waals surface area contributed by atoms with Crippen molar-refractivity contribution < 1.29 is 23.0 Å². The highest BCUT2D eigenvalue weighted by atomic mass is 32.2. The summed E-state index contributed by atoms with van der Waals surface area (Å²) in [4.78, 5) is 10.3. The largest absolute Gasteiger partial charge is 0.487 e. The van der Waals surface area contributed by atoms with Crippen molar-refractivity contribution in [2.24, 2.45) is 5.92 Å². The molecule has 0 amide bonds. The van der Waals surface area contributed by atoms with Crippen LogP contribution in [0.1, 0.15) is 25.0 Å². The minimum Gasteiger partial charge on any atom is -0.487 e. The lowest BCUT2D eigenvalue weighted by Gasteiger charge is -2.37. The molecule has 2 heterocycles. The fraction of sp³-hybridized carbons (Fsp3) is 0.500. The second kappa shape index (κ2) is 11.7. The van der Waals surface area contributed by atoms with Crippen LogP contribution in [0.4, 0.5) is 0 Å². The molecule has 0 aliphatic carbocycles. The molecule has 1 aliphatic rings. The molecule has 0 bridgehead atoms. The molecule has 2 aromatic rings. The predicted molar refractivity (Wildman–Crippen MR) is 128 cm³/mol. The third kappa shape index (κ3) is 6.31. The Hall–Kier alpha value is -2.55. The molecule has 3 rings (SSSR count). The van der Waals surface area contributed by atoms with E-state index in [-0.39, 0.29) is 42.4 Å². The zero-order valence-corrected chi connectivity index (χ0v) is 20.8. The highest BCUT2D eigenvalue weighted by Gasteiger charge is 2.38. The average molecular weight is 489 g/mol. The number of rotatable bonds is 7. The van der Waals surface area contributed by atoms with Crippen molar-refractivity contribution >= 4 is 10.0 Å². The van der Waals surface area contributed by atoms with Crippen LogP contribution in [-0.2, 0) is 21.3 Å². The summed E-state index contributed by atoms with van der Waals surface area (Å²) in [7, 11) is -0.350. The third-order valence-corrected chi connectivity index (χ3v) is 7.69. The maximum absolute atomic E-state index is 13.5. The number of aliphatic hydroxyl groups is 1. The van der Waals surface area contributed by atoms with Gasteiger partial charge in [0.2, 0.25) is 10.0 Å². The molecule has 10 heteroatoms. The van der Waals surface area contributed by atoms with Crippen LogP contribution in [0.15, 0.2) is 41.8 Å².